The lowest BCUT2D eigenvalue weighted by Gasteiger charge is -2.37. The Labute approximate surface area is 219 Å². The molecule has 0 spiro atoms. The minimum absolute atomic E-state index is 0.0844. The maximum Gasteiger partial charge on any atom is 0.231 e. The van der Waals surface area contributed by atoms with Gasteiger partial charge in [0, 0.05) is 26.1 Å². The number of nitriles is 1. The van der Waals surface area contributed by atoms with Gasteiger partial charge in [0.2, 0.25) is 5.91 Å². The molecule has 8 heteroatoms. The molecular formula is C29H38N6O2. The number of rotatable bonds is 7. The molecule has 37 heavy (non-hydrogen) atoms. The van der Waals surface area contributed by atoms with Crippen molar-refractivity contribution in [1.29, 1.82) is 5.26 Å². The average Bonchev–Trinajstić information content (AvgIpc) is 3.15. The predicted molar refractivity (Wildman–Crippen MR) is 144 cm³/mol. The Morgan fingerprint density at radius 3 is 2.54 bits per heavy atom. The van der Waals surface area contributed by atoms with Gasteiger partial charge in [-0.25, -0.2) is 4.98 Å². The Bertz CT molecular complexity index is 1160. The predicted octanol–water partition coefficient (Wildman–Crippen LogP) is 4.43. The van der Waals surface area contributed by atoms with E-state index in [-0.39, 0.29) is 11.8 Å². The molecule has 1 aromatic heterocycles. The third-order valence-electron chi connectivity index (χ3n) is 8.31. The molecule has 2 aliphatic carbocycles. The van der Waals surface area contributed by atoms with Crippen LogP contribution < -0.4 is 14.7 Å². The van der Waals surface area contributed by atoms with Crippen LogP contribution in [0.15, 0.2) is 30.6 Å². The summed E-state index contributed by atoms with van der Waals surface area (Å²) in [5.74, 6) is 1.78. The molecule has 2 saturated carbocycles. The van der Waals surface area contributed by atoms with E-state index in [0.717, 1.165) is 57.4 Å². The van der Waals surface area contributed by atoms with Crippen molar-refractivity contribution in [2.75, 3.05) is 41.5 Å². The third kappa shape index (κ3) is 5.42. The number of anilines is 3. The van der Waals surface area contributed by atoms with Gasteiger partial charge in [-0.3, -0.25) is 14.7 Å². The molecule has 2 atom stereocenters. The highest BCUT2D eigenvalue weighted by Crippen LogP contribution is 2.39. The van der Waals surface area contributed by atoms with Gasteiger partial charge in [-0.2, -0.15) is 5.26 Å². The molecule has 0 radical (unpaired) electrons. The monoisotopic (exact) mass is 502 g/mol. The first kappa shape index (κ1) is 25.5. The van der Waals surface area contributed by atoms with Crippen LogP contribution in [-0.2, 0) is 10.4 Å². The zero-order valence-corrected chi connectivity index (χ0v) is 22.2. The lowest BCUT2D eigenvalue weighted by Crippen LogP contribution is -2.43. The zero-order chi connectivity index (χ0) is 26.2. The smallest absolute Gasteiger partial charge is 0.231 e. The number of hydrogen-bond acceptors (Lipinski definition) is 7. The molecule has 1 amide bonds. The maximum absolute atomic E-state index is 13.4. The first-order valence-corrected chi connectivity index (χ1v) is 13.6. The number of benzene rings is 1. The second-order valence-electron chi connectivity index (χ2n) is 11.7. The number of amides is 1. The highest BCUT2D eigenvalue weighted by Gasteiger charge is 2.35. The van der Waals surface area contributed by atoms with Crippen LogP contribution in [-0.4, -0.2) is 47.8 Å². The van der Waals surface area contributed by atoms with Gasteiger partial charge in [-0.05, 0) is 76.0 Å². The Hall–Kier alpha value is -3.18. The molecule has 1 aliphatic heterocycles. The van der Waals surface area contributed by atoms with Crippen molar-refractivity contribution in [3.05, 3.63) is 41.9 Å². The molecule has 2 unspecified atom stereocenters. The molecule has 196 valence electrons. The van der Waals surface area contributed by atoms with Gasteiger partial charge in [0.25, 0.3) is 0 Å². The summed E-state index contributed by atoms with van der Waals surface area (Å²) in [5, 5.41) is 19.7. The number of aromatic nitrogens is 2. The van der Waals surface area contributed by atoms with Gasteiger partial charge in [0.15, 0.2) is 5.82 Å². The summed E-state index contributed by atoms with van der Waals surface area (Å²) in [5.41, 5.74) is 2.45. The minimum Gasteiger partial charge on any atom is -0.384 e. The van der Waals surface area contributed by atoms with E-state index in [1.165, 1.54) is 12.1 Å². The standard InChI is InChI=1S/C29H38N6O2/c1-29(2,37)26-15-32-27(16-31-26)35(28(36)23-8-5-9-23)18-22-7-4-6-21(12-22)17-34-19-33(3)24-11-10-20(14-30)13-25(24)34/h10-11,13,15-16,21-23,37H,4-9,12,17-19H2,1-3H3. The summed E-state index contributed by atoms with van der Waals surface area (Å²) in [6.07, 6.45) is 10.8. The Morgan fingerprint density at radius 1 is 1.14 bits per heavy atom. The fourth-order valence-electron chi connectivity index (χ4n) is 5.99. The van der Waals surface area contributed by atoms with Crippen molar-refractivity contribution in [3.63, 3.8) is 0 Å². The maximum atomic E-state index is 13.4. The Morgan fingerprint density at radius 2 is 1.89 bits per heavy atom. The van der Waals surface area contributed by atoms with Crippen molar-refractivity contribution in [2.45, 2.75) is 64.4 Å². The van der Waals surface area contributed by atoms with Gasteiger partial charge >= 0.3 is 0 Å². The van der Waals surface area contributed by atoms with E-state index in [2.05, 4.69) is 32.9 Å². The van der Waals surface area contributed by atoms with Crippen molar-refractivity contribution in [2.24, 2.45) is 17.8 Å². The summed E-state index contributed by atoms with van der Waals surface area (Å²) < 4.78 is 0. The average molecular weight is 503 g/mol. The number of hydrogen-bond donors (Lipinski definition) is 1. The van der Waals surface area contributed by atoms with Gasteiger partial charge in [-0.1, -0.05) is 12.8 Å². The molecule has 0 saturated heterocycles. The van der Waals surface area contributed by atoms with Crippen LogP contribution in [0.1, 0.15) is 70.1 Å². The van der Waals surface area contributed by atoms with Crippen LogP contribution >= 0.6 is 0 Å². The number of carbonyl (C=O) groups is 1. The summed E-state index contributed by atoms with van der Waals surface area (Å²) >= 11 is 0. The molecule has 8 nitrogen and oxygen atoms in total. The fourth-order valence-corrected chi connectivity index (χ4v) is 5.99. The molecule has 3 aliphatic rings. The number of carbonyl (C=O) groups excluding carboxylic acids is 1. The van der Waals surface area contributed by atoms with E-state index in [1.807, 2.05) is 23.1 Å². The van der Waals surface area contributed by atoms with Crippen molar-refractivity contribution < 1.29 is 9.90 Å². The second kappa shape index (κ2) is 10.3. The van der Waals surface area contributed by atoms with E-state index in [9.17, 15) is 15.2 Å². The highest BCUT2D eigenvalue weighted by molar-refractivity contribution is 5.94. The number of nitrogens with zero attached hydrogens (tertiary/aromatic N) is 6. The van der Waals surface area contributed by atoms with Crippen LogP contribution in [0.25, 0.3) is 0 Å². The minimum atomic E-state index is -1.07. The van der Waals surface area contributed by atoms with E-state index >= 15 is 0 Å². The molecule has 1 N–H and O–H groups in total. The quantitative estimate of drug-likeness (QED) is 0.598. The summed E-state index contributed by atoms with van der Waals surface area (Å²) in [4.78, 5) is 29.0. The molecule has 5 rings (SSSR count). The van der Waals surface area contributed by atoms with E-state index in [1.54, 1.807) is 26.2 Å². The van der Waals surface area contributed by atoms with E-state index in [0.29, 0.717) is 35.5 Å². The van der Waals surface area contributed by atoms with Crippen molar-refractivity contribution >= 4 is 23.1 Å². The second-order valence-corrected chi connectivity index (χ2v) is 11.7. The molecule has 0 bridgehead atoms. The molecule has 2 fully saturated rings. The first-order valence-electron chi connectivity index (χ1n) is 13.6. The largest absolute Gasteiger partial charge is 0.384 e. The third-order valence-corrected chi connectivity index (χ3v) is 8.31. The first-order chi connectivity index (χ1) is 17.7. The van der Waals surface area contributed by atoms with E-state index in [4.69, 9.17) is 0 Å². The molecule has 2 heterocycles. The molecule has 2 aromatic rings. The zero-order valence-electron chi connectivity index (χ0n) is 22.2. The SMILES string of the molecule is CN1CN(CC2CCCC(CN(C(=O)C3CCC3)c3cnc(C(C)(C)O)cn3)C2)c2cc(C#N)ccc21. The molecular weight excluding hydrogens is 464 g/mol. The lowest BCUT2D eigenvalue weighted by molar-refractivity contribution is -0.125. The lowest BCUT2D eigenvalue weighted by atomic mass is 9.80. The van der Waals surface area contributed by atoms with E-state index < -0.39 is 5.60 Å². The van der Waals surface area contributed by atoms with Crippen molar-refractivity contribution in [3.8, 4) is 6.07 Å². The summed E-state index contributed by atoms with van der Waals surface area (Å²) in [6.45, 7) is 5.83. The van der Waals surface area contributed by atoms with Crippen LogP contribution in [0, 0.1) is 29.1 Å². The number of aliphatic hydroxyl groups is 1. The fraction of sp³-hybridized carbons (Fsp3) is 0.586. The van der Waals surface area contributed by atoms with Crippen LogP contribution in [0.2, 0.25) is 0 Å². The van der Waals surface area contributed by atoms with Crippen LogP contribution in [0.5, 0.6) is 0 Å². The Balaban J connectivity index is 1.29. The van der Waals surface area contributed by atoms with Gasteiger partial charge in [0.1, 0.15) is 5.60 Å². The van der Waals surface area contributed by atoms with Gasteiger partial charge in [-0.15, -0.1) is 0 Å². The summed E-state index contributed by atoms with van der Waals surface area (Å²) in [7, 11) is 2.10. The van der Waals surface area contributed by atoms with Crippen molar-refractivity contribution in [1.82, 2.24) is 9.97 Å². The topological polar surface area (TPSA) is 96.6 Å². The van der Waals surface area contributed by atoms with Crippen LogP contribution in [0.4, 0.5) is 17.2 Å². The normalized spacial score (nSPS) is 21.8. The van der Waals surface area contributed by atoms with Gasteiger partial charge in [0.05, 0.1) is 47.8 Å². The highest BCUT2D eigenvalue weighted by atomic mass is 16.3. The van der Waals surface area contributed by atoms with Crippen LogP contribution in [0.3, 0.4) is 0 Å². The Kier molecular flexibility index (Phi) is 7.09. The molecule has 1 aromatic carbocycles. The summed E-state index contributed by atoms with van der Waals surface area (Å²) in [6, 6.07) is 8.22. The van der Waals surface area contributed by atoms with Gasteiger partial charge < -0.3 is 14.9 Å². The number of fused-ring (bicyclic) bond motifs is 1.